The number of hydrogen-bond donors (Lipinski definition) is 1. The summed E-state index contributed by atoms with van der Waals surface area (Å²) < 4.78 is 1.94. The first-order valence-corrected chi connectivity index (χ1v) is 5.79. The molecule has 2 rings (SSSR count). The Kier molecular flexibility index (Phi) is 2.88. The van der Waals surface area contributed by atoms with Gasteiger partial charge < -0.3 is 5.11 Å². The maximum absolute atomic E-state index is 11.0. The maximum Gasteiger partial charge on any atom is 0.335 e. The average molecular weight is 232 g/mol. The van der Waals surface area contributed by atoms with Crippen molar-refractivity contribution in [1.29, 1.82) is 0 Å². The van der Waals surface area contributed by atoms with E-state index in [1.165, 1.54) is 0 Å². The predicted octanol–water partition coefficient (Wildman–Crippen LogP) is 2.88. The zero-order valence-corrected chi connectivity index (χ0v) is 10.3. The zero-order valence-electron chi connectivity index (χ0n) is 10.3. The summed E-state index contributed by atoms with van der Waals surface area (Å²) in [7, 11) is 0. The van der Waals surface area contributed by atoms with Gasteiger partial charge in [-0.15, -0.1) is 0 Å². The lowest BCUT2D eigenvalue weighted by molar-refractivity contribution is 0.0697. The first-order chi connectivity index (χ1) is 8.04. The number of carboxylic acid groups (broad SMARTS) is 1. The van der Waals surface area contributed by atoms with Crippen LogP contribution in [0.5, 0.6) is 0 Å². The number of carboxylic acids is 1. The molecular formula is C13H16N2O2. The van der Waals surface area contributed by atoms with Gasteiger partial charge in [0.1, 0.15) is 0 Å². The summed E-state index contributed by atoms with van der Waals surface area (Å²) in [6, 6.07) is 5.45. The van der Waals surface area contributed by atoms with E-state index in [2.05, 4.69) is 18.9 Å². The molecule has 0 saturated heterocycles. The smallest absolute Gasteiger partial charge is 0.335 e. The molecule has 0 bridgehead atoms. The fourth-order valence-electron chi connectivity index (χ4n) is 1.99. The minimum Gasteiger partial charge on any atom is -0.478 e. The number of aromatic carboxylic acids is 1. The van der Waals surface area contributed by atoms with Gasteiger partial charge in [0.05, 0.1) is 16.8 Å². The summed E-state index contributed by atoms with van der Waals surface area (Å²) in [5.41, 5.74) is 2.27. The highest BCUT2D eigenvalue weighted by Gasteiger charge is 2.13. The first-order valence-electron chi connectivity index (χ1n) is 5.79. The summed E-state index contributed by atoms with van der Waals surface area (Å²) in [6.45, 7) is 6.16. The topological polar surface area (TPSA) is 55.1 Å². The fourth-order valence-corrected chi connectivity index (χ4v) is 1.99. The molecule has 2 aromatic rings. The van der Waals surface area contributed by atoms with E-state index in [0.29, 0.717) is 5.56 Å². The highest BCUT2D eigenvalue weighted by molar-refractivity contribution is 5.94. The Hall–Kier alpha value is -1.84. The number of rotatable bonds is 3. The second-order valence-electron chi connectivity index (χ2n) is 4.38. The van der Waals surface area contributed by atoms with Crippen LogP contribution in [0.3, 0.4) is 0 Å². The Morgan fingerprint density at radius 2 is 2.18 bits per heavy atom. The number of aryl methyl sites for hydroxylation is 1. The second kappa shape index (κ2) is 4.20. The molecule has 1 heterocycles. The molecule has 0 spiro atoms. The lowest BCUT2D eigenvalue weighted by Crippen LogP contribution is -2.03. The van der Waals surface area contributed by atoms with Crippen LogP contribution in [0.1, 0.15) is 42.9 Å². The summed E-state index contributed by atoms with van der Waals surface area (Å²) in [6.07, 6.45) is 0.805. The van der Waals surface area contributed by atoms with Crippen LogP contribution in [-0.4, -0.2) is 20.9 Å². The molecule has 4 heteroatoms. The molecule has 0 amide bonds. The monoisotopic (exact) mass is 232 g/mol. The highest BCUT2D eigenvalue weighted by atomic mass is 16.4. The summed E-state index contributed by atoms with van der Waals surface area (Å²) in [4.78, 5) is 11.0. The van der Waals surface area contributed by atoms with Crippen LogP contribution in [0.2, 0.25) is 0 Å². The van der Waals surface area contributed by atoms with Crippen molar-refractivity contribution in [2.45, 2.75) is 33.2 Å². The van der Waals surface area contributed by atoms with Crippen molar-refractivity contribution >= 4 is 16.9 Å². The van der Waals surface area contributed by atoms with Crippen LogP contribution < -0.4 is 0 Å². The normalized spacial score (nSPS) is 11.3. The van der Waals surface area contributed by atoms with Crippen molar-refractivity contribution in [1.82, 2.24) is 9.78 Å². The number of hydrogen-bond acceptors (Lipinski definition) is 2. The van der Waals surface area contributed by atoms with Gasteiger partial charge in [-0.2, -0.15) is 5.10 Å². The van der Waals surface area contributed by atoms with Crippen molar-refractivity contribution in [3.63, 3.8) is 0 Å². The zero-order chi connectivity index (χ0) is 12.6. The maximum atomic E-state index is 11.0. The SMILES string of the molecule is CCc1nn(C(C)C)c2ccc(C(=O)O)cc12. The molecule has 1 aromatic heterocycles. The standard InChI is InChI=1S/C13H16N2O2/c1-4-11-10-7-9(13(16)17)5-6-12(10)15(14-11)8(2)3/h5-8H,4H2,1-3H3,(H,16,17). The summed E-state index contributed by atoms with van der Waals surface area (Å²) >= 11 is 0. The van der Waals surface area contributed by atoms with Crippen molar-refractivity contribution in [3.8, 4) is 0 Å². The largest absolute Gasteiger partial charge is 0.478 e. The van der Waals surface area contributed by atoms with Gasteiger partial charge in [-0.3, -0.25) is 4.68 Å². The number of carbonyl (C=O) groups is 1. The molecule has 0 fully saturated rings. The Bertz CT molecular complexity index is 570. The molecule has 0 aliphatic carbocycles. The van der Waals surface area contributed by atoms with Crippen LogP contribution in [0.25, 0.3) is 10.9 Å². The first kappa shape index (κ1) is 11.6. The quantitative estimate of drug-likeness (QED) is 0.885. The van der Waals surface area contributed by atoms with E-state index in [4.69, 9.17) is 5.11 Å². The van der Waals surface area contributed by atoms with E-state index in [1.807, 2.05) is 17.7 Å². The van der Waals surface area contributed by atoms with Crippen LogP contribution in [0.4, 0.5) is 0 Å². The van der Waals surface area contributed by atoms with Gasteiger partial charge in [-0.05, 0) is 38.5 Å². The van der Waals surface area contributed by atoms with Gasteiger partial charge in [-0.1, -0.05) is 6.92 Å². The molecule has 0 aliphatic heterocycles. The van der Waals surface area contributed by atoms with E-state index in [1.54, 1.807) is 12.1 Å². The van der Waals surface area contributed by atoms with Gasteiger partial charge in [0.25, 0.3) is 0 Å². The van der Waals surface area contributed by atoms with Crippen molar-refractivity contribution in [3.05, 3.63) is 29.5 Å². The molecule has 0 atom stereocenters. The molecule has 0 radical (unpaired) electrons. The van der Waals surface area contributed by atoms with Crippen molar-refractivity contribution in [2.75, 3.05) is 0 Å². The van der Waals surface area contributed by atoms with Gasteiger partial charge in [-0.25, -0.2) is 4.79 Å². The van der Waals surface area contributed by atoms with Gasteiger partial charge in [0, 0.05) is 11.4 Å². The Labute approximate surface area is 99.9 Å². The molecule has 0 unspecified atom stereocenters. The molecule has 4 nitrogen and oxygen atoms in total. The molecule has 1 aromatic carbocycles. The molecule has 1 N–H and O–H groups in total. The molecule has 17 heavy (non-hydrogen) atoms. The van der Waals surface area contributed by atoms with Crippen molar-refractivity contribution in [2.24, 2.45) is 0 Å². The molecule has 0 saturated carbocycles. The summed E-state index contributed by atoms with van der Waals surface area (Å²) in [5.74, 6) is -0.897. The minimum absolute atomic E-state index is 0.272. The number of fused-ring (bicyclic) bond motifs is 1. The Morgan fingerprint density at radius 3 is 2.71 bits per heavy atom. The second-order valence-corrected chi connectivity index (χ2v) is 4.38. The average Bonchev–Trinajstić information content (AvgIpc) is 2.66. The lowest BCUT2D eigenvalue weighted by Gasteiger charge is -2.06. The van der Waals surface area contributed by atoms with Gasteiger partial charge in [0.15, 0.2) is 0 Å². The van der Waals surface area contributed by atoms with Crippen LogP contribution in [-0.2, 0) is 6.42 Å². The number of aromatic nitrogens is 2. The third-order valence-electron chi connectivity index (χ3n) is 2.85. The van der Waals surface area contributed by atoms with Crippen LogP contribution in [0.15, 0.2) is 18.2 Å². The predicted molar refractivity (Wildman–Crippen MR) is 66.5 cm³/mol. The van der Waals surface area contributed by atoms with Crippen LogP contribution >= 0.6 is 0 Å². The van der Waals surface area contributed by atoms with Gasteiger partial charge in [0.2, 0.25) is 0 Å². The highest BCUT2D eigenvalue weighted by Crippen LogP contribution is 2.23. The third kappa shape index (κ3) is 1.90. The van der Waals surface area contributed by atoms with Crippen LogP contribution in [0, 0.1) is 0 Å². The Balaban J connectivity index is 2.72. The van der Waals surface area contributed by atoms with E-state index < -0.39 is 5.97 Å². The fraction of sp³-hybridized carbons (Fsp3) is 0.385. The molecular weight excluding hydrogens is 216 g/mol. The number of benzene rings is 1. The minimum atomic E-state index is -0.897. The van der Waals surface area contributed by atoms with E-state index >= 15 is 0 Å². The Morgan fingerprint density at radius 1 is 1.47 bits per heavy atom. The molecule has 0 aliphatic rings. The number of nitrogens with zero attached hydrogens (tertiary/aromatic N) is 2. The van der Waals surface area contributed by atoms with Gasteiger partial charge >= 0.3 is 5.97 Å². The van der Waals surface area contributed by atoms with Crippen molar-refractivity contribution < 1.29 is 9.90 Å². The lowest BCUT2D eigenvalue weighted by atomic mass is 10.1. The van der Waals surface area contributed by atoms with E-state index in [-0.39, 0.29) is 6.04 Å². The van der Waals surface area contributed by atoms with E-state index in [9.17, 15) is 4.79 Å². The summed E-state index contributed by atoms with van der Waals surface area (Å²) in [5, 5.41) is 14.5. The third-order valence-corrected chi connectivity index (χ3v) is 2.85. The van der Waals surface area contributed by atoms with E-state index in [0.717, 1.165) is 23.0 Å². The molecule has 90 valence electrons.